The van der Waals surface area contributed by atoms with E-state index in [9.17, 15) is 27.2 Å². The van der Waals surface area contributed by atoms with E-state index in [-0.39, 0.29) is 30.8 Å². The predicted octanol–water partition coefficient (Wildman–Crippen LogP) is 4.54. The van der Waals surface area contributed by atoms with Crippen molar-refractivity contribution in [3.63, 3.8) is 0 Å². The molecule has 0 aliphatic carbocycles. The summed E-state index contributed by atoms with van der Waals surface area (Å²) in [6, 6.07) is 9.16. The molecule has 35 heavy (non-hydrogen) atoms. The van der Waals surface area contributed by atoms with E-state index in [1.165, 1.54) is 33.7 Å². The fraction of sp³-hybridized carbons (Fsp3) is 0.320. The summed E-state index contributed by atoms with van der Waals surface area (Å²) in [4.78, 5) is 32.1. The summed E-state index contributed by atoms with van der Waals surface area (Å²) in [5.41, 5.74) is 1.14. The molecule has 184 valence electrons. The van der Waals surface area contributed by atoms with Crippen molar-refractivity contribution in [2.24, 2.45) is 0 Å². The van der Waals surface area contributed by atoms with Gasteiger partial charge in [0.2, 0.25) is 5.95 Å². The van der Waals surface area contributed by atoms with Crippen LogP contribution in [0.5, 0.6) is 0 Å². The molecule has 1 amide bonds. The summed E-state index contributed by atoms with van der Waals surface area (Å²) >= 11 is 0. The average Bonchev–Trinajstić information content (AvgIpc) is 2.82. The summed E-state index contributed by atoms with van der Waals surface area (Å²) in [5, 5.41) is 3.04. The minimum atomic E-state index is -4.41. The molecular weight excluding hydrogens is 464 g/mol. The number of hydrogen-bond acceptors (Lipinski definition) is 4. The molecule has 0 bridgehead atoms. The number of anilines is 1. The van der Waals surface area contributed by atoms with Crippen molar-refractivity contribution in [3.05, 3.63) is 92.1 Å². The lowest BCUT2D eigenvalue weighted by atomic mass is 10.0. The molecule has 0 saturated heterocycles. The minimum Gasteiger partial charge on any atom is -0.351 e. The van der Waals surface area contributed by atoms with Crippen LogP contribution in [0.15, 0.2) is 47.3 Å². The van der Waals surface area contributed by atoms with Crippen LogP contribution in [0, 0.1) is 12.7 Å². The molecule has 1 aliphatic heterocycles. The minimum absolute atomic E-state index is 0.0203. The first-order valence-electron chi connectivity index (χ1n) is 11.2. The van der Waals surface area contributed by atoms with Gasteiger partial charge in [-0.1, -0.05) is 18.2 Å². The first-order chi connectivity index (χ1) is 16.6. The molecule has 2 heterocycles. The second kappa shape index (κ2) is 9.52. The van der Waals surface area contributed by atoms with E-state index < -0.39 is 23.5 Å². The quantitative estimate of drug-likeness (QED) is 0.536. The van der Waals surface area contributed by atoms with E-state index in [1.54, 1.807) is 19.9 Å². The van der Waals surface area contributed by atoms with Gasteiger partial charge in [-0.2, -0.15) is 13.2 Å². The smallest absolute Gasteiger partial charge is 0.351 e. The molecule has 0 unspecified atom stereocenters. The van der Waals surface area contributed by atoms with Gasteiger partial charge in [0, 0.05) is 26.1 Å². The number of benzene rings is 2. The summed E-state index contributed by atoms with van der Waals surface area (Å²) in [5.74, 6) is -0.784. The normalized spacial score (nSPS) is 13.5. The monoisotopic (exact) mass is 488 g/mol. The van der Waals surface area contributed by atoms with Crippen LogP contribution >= 0.6 is 0 Å². The molecule has 1 N–H and O–H groups in total. The Morgan fingerprint density at radius 3 is 2.49 bits per heavy atom. The largest absolute Gasteiger partial charge is 0.416 e. The molecule has 3 aromatic rings. The molecule has 10 heteroatoms. The summed E-state index contributed by atoms with van der Waals surface area (Å²) in [7, 11) is 0. The number of alkyl halides is 3. The van der Waals surface area contributed by atoms with Crippen molar-refractivity contribution < 1.29 is 22.4 Å². The predicted molar refractivity (Wildman–Crippen MR) is 123 cm³/mol. The van der Waals surface area contributed by atoms with Crippen LogP contribution in [-0.2, 0) is 32.2 Å². The van der Waals surface area contributed by atoms with Crippen LogP contribution in [0.3, 0.4) is 0 Å². The number of carbonyl (C=O) groups is 1. The number of halogens is 4. The third-order valence-electron chi connectivity index (χ3n) is 6.01. The lowest BCUT2D eigenvalue weighted by Crippen LogP contribution is -2.41. The van der Waals surface area contributed by atoms with Crippen molar-refractivity contribution in [3.8, 4) is 0 Å². The Labute approximate surface area is 199 Å². The van der Waals surface area contributed by atoms with E-state index in [0.29, 0.717) is 41.3 Å². The number of carbonyl (C=O) groups excluding carboxylic acids is 1. The number of aryl methyl sites for hydroxylation is 1. The van der Waals surface area contributed by atoms with Crippen molar-refractivity contribution >= 4 is 11.9 Å². The van der Waals surface area contributed by atoms with Crippen LogP contribution < -0.4 is 10.9 Å². The number of rotatable bonds is 5. The molecule has 1 aromatic heterocycles. The van der Waals surface area contributed by atoms with Crippen LogP contribution in [-0.4, -0.2) is 26.9 Å². The highest BCUT2D eigenvalue weighted by Crippen LogP contribution is 2.29. The third kappa shape index (κ3) is 5.06. The number of nitrogens with one attached hydrogen (secondary N) is 1. The van der Waals surface area contributed by atoms with E-state index in [0.717, 1.165) is 12.1 Å². The van der Waals surface area contributed by atoms with Gasteiger partial charge in [0.05, 0.1) is 28.9 Å². The van der Waals surface area contributed by atoms with Crippen LogP contribution in [0.25, 0.3) is 0 Å². The maximum Gasteiger partial charge on any atom is 0.416 e. The molecule has 0 radical (unpaired) electrons. The first kappa shape index (κ1) is 24.4. The van der Waals surface area contributed by atoms with Gasteiger partial charge in [-0.05, 0) is 49.2 Å². The van der Waals surface area contributed by atoms with E-state index in [1.807, 2.05) is 0 Å². The van der Waals surface area contributed by atoms with Gasteiger partial charge in [0.1, 0.15) is 5.82 Å². The molecule has 1 aliphatic rings. The number of hydrogen-bond donors (Lipinski definition) is 1. The van der Waals surface area contributed by atoms with Gasteiger partial charge >= 0.3 is 6.18 Å². The van der Waals surface area contributed by atoms with Crippen LogP contribution in [0.4, 0.5) is 23.5 Å². The summed E-state index contributed by atoms with van der Waals surface area (Å²) < 4.78 is 54.1. The van der Waals surface area contributed by atoms with Gasteiger partial charge in [-0.3, -0.25) is 14.2 Å². The van der Waals surface area contributed by atoms with Crippen molar-refractivity contribution in [2.75, 3.05) is 11.9 Å². The number of amides is 1. The molecule has 2 aromatic carbocycles. The standard InChI is InChI=1S/C25H24F4N4O2/c1-3-33-23(35)19-14-32(22(34)18-9-4-15(2)12-20(18)26)11-10-21(19)31-24(33)30-13-16-5-7-17(8-6-16)25(27,28)29/h4-9,12H,3,10-11,13-14H2,1-2H3,(H,30,31). The average molecular weight is 488 g/mol. The van der Waals surface area contributed by atoms with Gasteiger partial charge in [0.25, 0.3) is 11.5 Å². The molecule has 4 rings (SSSR count). The van der Waals surface area contributed by atoms with Crippen molar-refractivity contribution in [1.82, 2.24) is 14.5 Å². The number of fused-ring (bicyclic) bond motifs is 1. The van der Waals surface area contributed by atoms with E-state index in [2.05, 4.69) is 10.3 Å². The summed E-state index contributed by atoms with van der Waals surface area (Å²) in [6.07, 6.45) is -4.08. The Balaban J connectivity index is 1.54. The van der Waals surface area contributed by atoms with Crippen LogP contribution in [0.1, 0.15) is 45.2 Å². The van der Waals surface area contributed by atoms with Crippen molar-refractivity contribution in [1.29, 1.82) is 0 Å². The molecule has 0 spiro atoms. The van der Waals surface area contributed by atoms with Crippen molar-refractivity contribution in [2.45, 2.75) is 46.1 Å². The van der Waals surface area contributed by atoms with Gasteiger partial charge in [0.15, 0.2) is 0 Å². The van der Waals surface area contributed by atoms with Gasteiger partial charge in [-0.15, -0.1) is 0 Å². The Kier molecular flexibility index (Phi) is 6.64. The third-order valence-corrected chi connectivity index (χ3v) is 6.01. The zero-order chi connectivity index (χ0) is 25.3. The van der Waals surface area contributed by atoms with E-state index >= 15 is 0 Å². The molecule has 0 atom stereocenters. The Hall–Kier alpha value is -3.69. The van der Waals surface area contributed by atoms with Crippen LogP contribution in [0.2, 0.25) is 0 Å². The molecule has 0 fully saturated rings. The Bertz CT molecular complexity index is 1320. The highest BCUT2D eigenvalue weighted by atomic mass is 19.4. The van der Waals surface area contributed by atoms with Gasteiger partial charge in [-0.25, -0.2) is 9.37 Å². The number of nitrogens with zero attached hydrogens (tertiary/aromatic N) is 3. The second-order valence-electron chi connectivity index (χ2n) is 8.42. The fourth-order valence-electron chi connectivity index (χ4n) is 4.07. The SMILES string of the molecule is CCn1c(NCc2ccc(C(F)(F)F)cc2)nc2c(c1=O)CN(C(=O)c1ccc(C)cc1F)CC2. The number of aromatic nitrogens is 2. The molecule has 0 saturated carbocycles. The highest BCUT2D eigenvalue weighted by molar-refractivity contribution is 5.94. The zero-order valence-corrected chi connectivity index (χ0v) is 19.2. The topological polar surface area (TPSA) is 67.2 Å². The van der Waals surface area contributed by atoms with Gasteiger partial charge < -0.3 is 10.2 Å². The second-order valence-corrected chi connectivity index (χ2v) is 8.42. The highest BCUT2D eigenvalue weighted by Gasteiger charge is 2.30. The maximum atomic E-state index is 14.3. The maximum absolute atomic E-state index is 14.3. The lowest BCUT2D eigenvalue weighted by molar-refractivity contribution is -0.137. The lowest BCUT2D eigenvalue weighted by Gasteiger charge is -2.29. The zero-order valence-electron chi connectivity index (χ0n) is 19.2. The molecular formula is C25H24F4N4O2. The molecule has 6 nitrogen and oxygen atoms in total. The Morgan fingerprint density at radius 1 is 1.14 bits per heavy atom. The first-order valence-corrected chi connectivity index (χ1v) is 11.2. The van der Waals surface area contributed by atoms with E-state index in [4.69, 9.17) is 0 Å². The Morgan fingerprint density at radius 2 is 1.86 bits per heavy atom. The summed E-state index contributed by atoms with van der Waals surface area (Å²) in [6.45, 7) is 4.28. The fourth-order valence-corrected chi connectivity index (χ4v) is 4.07.